The molecule has 1 aromatic rings. The van der Waals surface area contributed by atoms with Crippen molar-refractivity contribution in [3.63, 3.8) is 0 Å². The number of rotatable bonds is 2. The summed E-state index contributed by atoms with van der Waals surface area (Å²) in [6, 6.07) is 11.4. The molecule has 2 atom stereocenters. The van der Waals surface area contributed by atoms with E-state index in [0.29, 0.717) is 0 Å². The van der Waals surface area contributed by atoms with Crippen LogP contribution < -0.4 is 5.32 Å². The number of nitrogens with zero attached hydrogens (tertiary/aromatic N) is 1. The topological polar surface area (TPSA) is 15.3 Å². The summed E-state index contributed by atoms with van der Waals surface area (Å²) in [6.45, 7) is 2.56. The minimum atomic E-state index is 0.770. The molecule has 19 heavy (non-hydrogen) atoms. The highest BCUT2D eigenvalue weighted by atomic mass is 15.2. The first-order valence-corrected chi connectivity index (χ1v) is 7.98. The highest BCUT2D eigenvalue weighted by Crippen LogP contribution is 2.33. The number of fused-ring (bicyclic) bond motifs is 1. The fourth-order valence-electron chi connectivity index (χ4n) is 4.51. The minimum absolute atomic E-state index is 0.770. The van der Waals surface area contributed by atoms with Crippen LogP contribution in [0.1, 0.15) is 36.8 Å². The molecule has 1 N–H and O–H groups in total. The van der Waals surface area contributed by atoms with Crippen molar-refractivity contribution in [3.05, 3.63) is 35.4 Å². The molecule has 0 bridgehead atoms. The zero-order valence-electron chi connectivity index (χ0n) is 11.6. The predicted octanol–water partition coefficient (Wildman–Crippen LogP) is 2.37. The fraction of sp³-hybridized carbons (Fsp3) is 0.647. The van der Waals surface area contributed by atoms with Crippen molar-refractivity contribution >= 4 is 0 Å². The van der Waals surface area contributed by atoms with Crippen molar-refractivity contribution in [3.8, 4) is 0 Å². The van der Waals surface area contributed by atoms with Gasteiger partial charge in [-0.2, -0.15) is 0 Å². The largest absolute Gasteiger partial charge is 0.312 e. The summed E-state index contributed by atoms with van der Waals surface area (Å²) in [5, 5.41) is 3.73. The Balaban J connectivity index is 1.50. The Morgan fingerprint density at radius 1 is 1.00 bits per heavy atom. The lowest BCUT2D eigenvalue weighted by Crippen LogP contribution is -2.48. The summed E-state index contributed by atoms with van der Waals surface area (Å²) in [5.41, 5.74) is 3.19. The fourth-order valence-corrected chi connectivity index (χ4v) is 4.51. The lowest BCUT2D eigenvalue weighted by Gasteiger charge is -2.34. The molecule has 2 fully saturated rings. The van der Waals surface area contributed by atoms with Gasteiger partial charge in [0.25, 0.3) is 0 Å². The molecule has 0 aromatic heterocycles. The lowest BCUT2D eigenvalue weighted by molar-refractivity contribution is 0.157. The van der Waals surface area contributed by atoms with Crippen molar-refractivity contribution < 1.29 is 0 Å². The molecule has 0 amide bonds. The quantitative estimate of drug-likeness (QED) is 0.874. The summed E-state index contributed by atoms with van der Waals surface area (Å²) in [7, 11) is 0. The summed E-state index contributed by atoms with van der Waals surface area (Å²) in [6.07, 6.45) is 8.12. The van der Waals surface area contributed by atoms with Gasteiger partial charge in [-0.15, -0.1) is 0 Å². The van der Waals surface area contributed by atoms with E-state index in [4.69, 9.17) is 0 Å². The minimum Gasteiger partial charge on any atom is -0.312 e. The van der Waals surface area contributed by atoms with Gasteiger partial charge in [0.05, 0.1) is 0 Å². The molecule has 3 aliphatic rings. The van der Waals surface area contributed by atoms with Crippen LogP contribution in [0.3, 0.4) is 0 Å². The van der Waals surface area contributed by atoms with Gasteiger partial charge in [0.15, 0.2) is 0 Å². The summed E-state index contributed by atoms with van der Waals surface area (Å²) >= 11 is 0. The summed E-state index contributed by atoms with van der Waals surface area (Å²) in [4.78, 5) is 2.84. The van der Waals surface area contributed by atoms with Crippen LogP contribution in [0.2, 0.25) is 0 Å². The Bertz CT molecular complexity index is 425. The maximum Gasteiger partial charge on any atom is 0.0253 e. The maximum absolute atomic E-state index is 3.73. The SMILES string of the molecule is c1ccc2c(c1)CC(N1CCCC1C1CCCN1)C2. The molecule has 2 heterocycles. The lowest BCUT2D eigenvalue weighted by atomic mass is 10.0. The molecule has 0 radical (unpaired) electrons. The second-order valence-corrected chi connectivity index (χ2v) is 6.48. The van der Waals surface area contributed by atoms with Gasteiger partial charge in [0.2, 0.25) is 0 Å². The Labute approximate surface area is 116 Å². The van der Waals surface area contributed by atoms with Gasteiger partial charge in [0.1, 0.15) is 0 Å². The van der Waals surface area contributed by atoms with E-state index < -0.39 is 0 Å². The van der Waals surface area contributed by atoms with Crippen molar-refractivity contribution in [1.29, 1.82) is 0 Å². The normalized spacial score (nSPS) is 32.0. The molecule has 0 saturated carbocycles. The van der Waals surface area contributed by atoms with Gasteiger partial charge in [0, 0.05) is 18.1 Å². The van der Waals surface area contributed by atoms with Crippen molar-refractivity contribution in [2.45, 2.75) is 56.7 Å². The second-order valence-electron chi connectivity index (χ2n) is 6.48. The number of hydrogen-bond donors (Lipinski definition) is 1. The number of hydrogen-bond acceptors (Lipinski definition) is 2. The number of nitrogens with one attached hydrogen (secondary N) is 1. The highest BCUT2D eigenvalue weighted by molar-refractivity contribution is 5.33. The van der Waals surface area contributed by atoms with Crippen LogP contribution in [0.25, 0.3) is 0 Å². The van der Waals surface area contributed by atoms with Crippen LogP contribution >= 0.6 is 0 Å². The Hall–Kier alpha value is -0.860. The van der Waals surface area contributed by atoms with Crippen molar-refractivity contribution in [2.24, 2.45) is 0 Å². The predicted molar refractivity (Wildman–Crippen MR) is 78.4 cm³/mol. The summed E-state index contributed by atoms with van der Waals surface area (Å²) in [5.74, 6) is 0. The molecule has 0 spiro atoms. The van der Waals surface area contributed by atoms with Crippen LogP contribution in [-0.4, -0.2) is 36.1 Å². The molecular formula is C17H24N2. The van der Waals surface area contributed by atoms with Crippen LogP contribution in [0, 0.1) is 0 Å². The van der Waals surface area contributed by atoms with E-state index in [9.17, 15) is 0 Å². The molecule has 1 aromatic carbocycles. The van der Waals surface area contributed by atoms with E-state index in [1.165, 1.54) is 51.6 Å². The summed E-state index contributed by atoms with van der Waals surface area (Å²) < 4.78 is 0. The van der Waals surface area contributed by atoms with Crippen LogP contribution in [0.5, 0.6) is 0 Å². The molecule has 2 nitrogen and oxygen atoms in total. The second kappa shape index (κ2) is 4.92. The average molecular weight is 256 g/mol. The van der Waals surface area contributed by atoms with E-state index in [1.807, 2.05) is 0 Å². The highest BCUT2D eigenvalue weighted by Gasteiger charge is 2.38. The first kappa shape index (κ1) is 11.9. The van der Waals surface area contributed by atoms with Gasteiger partial charge < -0.3 is 5.32 Å². The van der Waals surface area contributed by atoms with Gasteiger partial charge in [-0.1, -0.05) is 24.3 Å². The zero-order valence-corrected chi connectivity index (χ0v) is 11.6. The van der Waals surface area contributed by atoms with Crippen LogP contribution in [0.4, 0.5) is 0 Å². The van der Waals surface area contributed by atoms with E-state index in [0.717, 1.165) is 18.1 Å². The first-order chi connectivity index (χ1) is 9.42. The maximum atomic E-state index is 3.73. The molecule has 2 heteroatoms. The molecule has 2 saturated heterocycles. The third-order valence-corrected chi connectivity index (χ3v) is 5.40. The molecule has 2 aliphatic heterocycles. The van der Waals surface area contributed by atoms with Gasteiger partial charge in [-0.3, -0.25) is 4.90 Å². The third-order valence-electron chi connectivity index (χ3n) is 5.40. The Morgan fingerprint density at radius 2 is 1.79 bits per heavy atom. The van der Waals surface area contributed by atoms with E-state index >= 15 is 0 Å². The molecule has 102 valence electrons. The standard InChI is InChI=1S/C17H24N2/c1-2-6-14-12-15(11-13(14)5-1)19-10-4-8-17(19)16-7-3-9-18-16/h1-2,5-6,15-18H,3-4,7-12H2. The first-order valence-electron chi connectivity index (χ1n) is 7.98. The van der Waals surface area contributed by atoms with Gasteiger partial charge >= 0.3 is 0 Å². The van der Waals surface area contributed by atoms with Gasteiger partial charge in [-0.25, -0.2) is 0 Å². The van der Waals surface area contributed by atoms with E-state index in [1.54, 1.807) is 11.1 Å². The Morgan fingerprint density at radius 3 is 2.47 bits per heavy atom. The molecule has 2 unspecified atom stereocenters. The van der Waals surface area contributed by atoms with Crippen molar-refractivity contribution in [1.82, 2.24) is 10.2 Å². The smallest absolute Gasteiger partial charge is 0.0253 e. The average Bonchev–Trinajstić information content (AvgIpc) is 3.17. The number of likely N-dealkylation sites (tertiary alicyclic amines) is 1. The zero-order chi connectivity index (χ0) is 12.7. The number of benzene rings is 1. The monoisotopic (exact) mass is 256 g/mol. The molecular weight excluding hydrogens is 232 g/mol. The van der Waals surface area contributed by atoms with Crippen LogP contribution in [-0.2, 0) is 12.8 Å². The Kier molecular flexibility index (Phi) is 3.08. The van der Waals surface area contributed by atoms with E-state index in [2.05, 4.69) is 34.5 Å². The van der Waals surface area contributed by atoms with E-state index in [-0.39, 0.29) is 0 Å². The van der Waals surface area contributed by atoms with Gasteiger partial charge in [-0.05, 0) is 62.7 Å². The molecule has 1 aliphatic carbocycles. The van der Waals surface area contributed by atoms with Crippen LogP contribution in [0.15, 0.2) is 24.3 Å². The van der Waals surface area contributed by atoms with Crippen molar-refractivity contribution in [2.75, 3.05) is 13.1 Å². The third kappa shape index (κ3) is 2.11. The molecule has 4 rings (SSSR count).